The predicted molar refractivity (Wildman–Crippen MR) is 106 cm³/mol. The molecule has 1 saturated carbocycles. The highest BCUT2D eigenvalue weighted by Gasteiger charge is 2.51. The van der Waals surface area contributed by atoms with Crippen molar-refractivity contribution in [3.63, 3.8) is 0 Å². The van der Waals surface area contributed by atoms with Crippen molar-refractivity contribution in [2.45, 2.75) is 59.3 Å². The van der Waals surface area contributed by atoms with Gasteiger partial charge in [0, 0.05) is 31.6 Å². The molecule has 0 bridgehead atoms. The Labute approximate surface area is 164 Å². The Bertz CT molecular complexity index is 520. The molecule has 2 amide bonds. The Hall–Kier alpha value is -0.810. The van der Waals surface area contributed by atoms with Crippen LogP contribution >= 0.6 is 12.4 Å². The molecule has 3 aliphatic rings. The fourth-order valence-electron chi connectivity index (χ4n) is 4.90. The van der Waals surface area contributed by atoms with Crippen molar-refractivity contribution in [3.05, 3.63) is 0 Å². The second-order valence-electron chi connectivity index (χ2n) is 9.45. The summed E-state index contributed by atoms with van der Waals surface area (Å²) in [5.74, 6) is 1.39. The first kappa shape index (κ1) is 21.5. The van der Waals surface area contributed by atoms with Crippen LogP contribution in [0.4, 0.5) is 0 Å². The Kier molecular flexibility index (Phi) is 7.00. The summed E-state index contributed by atoms with van der Waals surface area (Å²) in [5.41, 5.74) is -0.497. The predicted octanol–water partition coefficient (Wildman–Crippen LogP) is 2.59. The molecule has 0 radical (unpaired) electrons. The van der Waals surface area contributed by atoms with Crippen molar-refractivity contribution in [1.82, 2.24) is 15.5 Å². The lowest BCUT2D eigenvalue weighted by Gasteiger charge is -2.43. The number of hydrogen-bond donors (Lipinski definition) is 2. The summed E-state index contributed by atoms with van der Waals surface area (Å²) in [5, 5.41) is 6.58. The summed E-state index contributed by atoms with van der Waals surface area (Å²) in [6, 6.07) is 0. The SMILES string of the molecule is CC(C)(C)C(=O)NCC1CCCN(C(=O)[C@@]23CCCC[C@H]2CNC3)C1.Cl. The number of fused-ring (bicyclic) bond motifs is 1. The molecule has 3 fully saturated rings. The molecule has 0 spiro atoms. The van der Waals surface area contributed by atoms with Gasteiger partial charge < -0.3 is 15.5 Å². The number of carbonyl (C=O) groups excluding carboxylic acids is 2. The van der Waals surface area contributed by atoms with Crippen molar-refractivity contribution in [2.75, 3.05) is 32.7 Å². The Morgan fingerprint density at radius 3 is 2.69 bits per heavy atom. The van der Waals surface area contributed by atoms with E-state index >= 15 is 0 Å². The third-order valence-electron chi connectivity index (χ3n) is 6.50. The zero-order chi connectivity index (χ0) is 18.1. The molecular formula is C20H36ClN3O2. The Balaban J connectivity index is 0.00000243. The van der Waals surface area contributed by atoms with Crippen LogP contribution in [0.3, 0.4) is 0 Å². The first-order chi connectivity index (χ1) is 11.8. The number of likely N-dealkylation sites (tertiary alicyclic amines) is 1. The van der Waals surface area contributed by atoms with Crippen molar-refractivity contribution >= 4 is 24.2 Å². The molecule has 2 saturated heterocycles. The second-order valence-corrected chi connectivity index (χ2v) is 9.45. The minimum Gasteiger partial charge on any atom is -0.355 e. The van der Waals surface area contributed by atoms with Gasteiger partial charge in [-0.25, -0.2) is 0 Å². The van der Waals surface area contributed by atoms with Gasteiger partial charge in [0.15, 0.2) is 0 Å². The van der Waals surface area contributed by atoms with E-state index in [4.69, 9.17) is 0 Å². The fraction of sp³-hybridized carbons (Fsp3) is 0.900. The lowest BCUT2D eigenvalue weighted by molar-refractivity contribution is -0.147. The average molecular weight is 386 g/mol. The molecule has 3 rings (SSSR count). The van der Waals surface area contributed by atoms with Gasteiger partial charge in [0.2, 0.25) is 11.8 Å². The topological polar surface area (TPSA) is 61.4 Å². The summed E-state index contributed by atoms with van der Waals surface area (Å²) >= 11 is 0. The molecule has 0 aromatic carbocycles. The highest BCUT2D eigenvalue weighted by molar-refractivity contribution is 5.85. The van der Waals surface area contributed by atoms with E-state index in [1.54, 1.807) is 0 Å². The van der Waals surface area contributed by atoms with E-state index in [0.29, 0.717) is 24.3 Å². The van der Waals surface area contributed by atoms with E-state index in [9.17, 15) is 9.59 Å². The largest absolute Gasteiger partial charge is 0.355 e. The molecule has 6 heteroatoms. The average Bonchev–Trinajstić information content (AvgIpc) is 3.03. The summed E-state index contributed by atoms with van der Waals surface area (Å²) in [7, 11) is 0. The van der Waals surface area contributed by atoms with E-state index < -0.39 is 0 Å². The standard InChI is InChI=1S/C20H35N3O2.ClH/c1-19(2,3)17(24)22-11-15-7-6-10-23(13-15)18(25)20-9-5-4-8-16(20)12-21-14-20;/h15-16,21H,4-14H2,1-3H3,(H,22,24);1H/t15?,16-,20+;/m0./s1. The summed E-state index contributed by atoms with van der Waals surface area (Å²) < 4.78 is 0. The molecule has 2 heterocycles. The van der Waals surface area contributed by atoms with Crippen LogP contribution in [0.1, 0.15) is 59.3 Å². The van der Waals surface area contributed by atoms with Crippen LogP contribution in [0.25, 0.3) is 0 Å². The van der Waals surface area contributed by atoms with Crippen LogP contribution < -0.4 is 10.6 Å². The number of amides is 2. The first-order valence-corrected chi connectivity index (χ1v) is 10.1. The molecule has 1 unspecified atom stereocenters. The van der Waals surface area contributed by atoms with Crippen molar-refractivity contribution in [1.29, 1.82) is 0 Å². The number of piperidine rings is 1. The number of nitrogens with one attached hydrogen (secondary N) is 2. The third kappa shape index (κ3) is 4.36. The maximum atomic E-state index is 13.4. The van der Waals surface area contributed by atoms with Crippen LogP contribution in [0.2, 0.25) is 0 Å². The van der Waals surface area contributed by atoms with E-state index in [0.717, 1.165) is 45.4 Å². The van der Waals surface area contributed by atoms with Crippen LogP contribution in [0, 0.1) is 22.7 Å². The van der Waals surface area contributed by atoms with Gasteiger partial charge in [-0.15, -0.1) is 12.4 Å². The normalized spacial score (nSPS) is 31.7. The minimum absolute atomic E-state index is 0. The van der Waals surface area contributed by atoms with E-state index in [1.165, 1.54) is 19.3 Å². The highest BCUT2D eigenvalue weighted by Crippen LogP contribution is 2.45. The lowest BCUT2D eigenvalue weighted by atomic mass is 9.67. The van der Waals surface area contributed by atoms with Gasteiger partial charge in [0.25, 0.3) is 0 Å². The molecule has 3 atom stereocenters. The van der Waals surface area contributed by atoms with E-state index in [-0.39, 0.29) is 29.1 Å². The van der Waals surface area contributed by atoms with Crippen LogP contribution in [0.15, 0.2) is 0 Å². The zero-order valence-corrected chi connectivity index (χ0v) is 17.4. The van der Waals surface area contributed by atoms with Gasteiger partial charge in [0.05, 0.1) is 5.41 Å². The highest BCUT2D eigenvalue weighted by atomic mass is 35.5. The van der Waals surface area contributed by atoms with Crippen LogP contribution in [-0.2, 0) is 9.59 Å². The van der Waals surface area contributed by atoms with Gasteiger partial charge in [-0.05, 0) is 44.1 Å². The van der Waals surface area contributed by atoms with Gasteiger partial charge in [0.1, 0.15) is 0 Å². The summed E-state index contributed by atoms with van der Waals surface area (Å²) in [6.07, 6.45) is 6.84. The maximum Gasteiger partial charge on any atom is 0.230 e. The monoisotopic (exact) mass is 385 g/mol. The lowest BCUT2D eigenvalue weighted by Crippen LogP contribution is -2.53. The first-order valence-electron chi connectivity index (χ1n) is 10.1. The van der Waals surface area contributed by atoms with Crippen molar-refractivity contribution in [2.24, 2.45) is 22.7 Å². The number of nitrogens with zero attached hydrogens (tertiary/aromatic N) is 1. The molecule has 26 heavy (non-hydrogen) atoms. The fourth-order valence-corrected chi connectivity index (χ4v) is 4.90. The van der Waals surface area contributed by atoms with Crippen molar-refractivity contribution in [3.8, 4) is 0 Å². The maximum absolute atomic E-state index is 13.4. The Morgan fingerprint density at radius 2 is 1.96 bits per heavy atom. The van der Waals surface area contributed by atoms with Gasteiger partial charge >= 0.3 is 0 Å². The van der Waals surface area contributed by atoms with Crippen LogP contribution in [-0.4, -0.2) is 49.4 Å². The smallest absolute Gasteiger partial charge is 0.230 e. The molecule has 2 aliphatic heterocycles. The Morgan fingerprint density at radius 1 is 1.19 bits per heavy atom. The number of rotatable bonds is 3. The third-order valence-corrected chi connectivity index (χ3v) is 6.50. The van der Waals surface area contributed by atoms with Gasteiger partial charge in [-0.3, -0.25) is 9.59 Å². The molecule has 150 valence electrons. The molecule has 1 aliphatic carbocycles. The quantitative estimate of drug-likeness (QED) is 0.784. The second kappa shape index (κ2) is 8.47. The zero-order valence-electron chi connectivity index (χ0n) is 16.6. The number of halogens is 1. The molecule has 0 aromatic rings. The molecular weight excluding hydrogens is 350 g/mol. The molecule has 2 N–H and O–H groups in total. The number of hydrogen-bond acceptors (Lipinski definition) is 3. The summed E-state index contributed by atoms with van der Waals surface area (Å²) in [6.45, 7) is 10.1. The number of carbonyl (C=O) groups is 2. The van der Waals surface area contributed by atoms with Crippen LogP contribution in [0.5, 0.6) is 0 Å². The van der Waals surface area contributed by atoms with Crippen molar-refractivity contribution < 1.29 is 9.59 Å². The minimum atomic E-state index is -0.353. The summed E-state index contributed by atoms with van der Waals surface area (Å²) in [4.78, 5) is 27.6. The van der Waals surface area contributed by atoms with E-state index in [2.05, 4.69) is 15.5 Å². The molecule has 0 aromatic heterocycles. The van der Waals surface area contributed by atoms with E-state index in [1.807, 2.05) is 20.8 Å². The van der Waals surface area contributed by atoms with Gasteiger partial charge in [-0.1, -0.05) is 33.6 Å². The molecule has 5 nitrogen and oxygen atoms in total. The van der Waals surface area contributed by atoms with Gasteiger partial charge in [-0.2, -0.15) is 0 Å².